The van der Waals surface area contributed by atoms with Crippen molar-refractivity contribution in [1.29, 1.82) is 0 Å². The van der Waals surface area contributed by atoms with E-state index < -0.39 is 0 Å². The van der Waals surface area contributed by atoms with E-state index in [1.165, 1.54) is 18.9 Å². The summed E-state index contributed by atoms with van der Waals surface area (Å²) in [4.78, 5) is 14.2. The van der Waals surface area contributed by atoms with Crippen molar-refractivity contribution in [3.63, 3.8) is 0 Å². The van der Waals surface area contributed by atoms with Gasteiger partial charge in [-0.1, -0.05) is 20.3 Å². The van der Waals surface area contributed by atoms with E-state index in [-0.39, 0.29) is 5.56 Å². The highest BCUT2D eigenvalue weighted by Crippen LogP contribution is 2.06. The molecule has 1 rings (SSSR count). The number of anilines is 1. The summed E-state index contributed by atoms with van der Waals surface area (Å²) in [6, 6.07) is 3.75. The SMILES string of the molecule is CCCCN(CCn1cc(N)ccc1=O)C(C)CC. The molecule has 0 bridgehead atoms. The highest BCUT2D eigenvalue weighted by molar-refractivity contribution is 5.33. The third kappa shape index (κ3) is 5.07. The molecule has 0 spiro atoms. The Labute approximate surface area is 116 Å². The molecule has 1 heterocycles. The Morgan fingerprint density at radius 2 is 2.05 bits per heavy atom. The molecule has 1 atom stereocenters. The van der Waals surface area contributed by atoms with Crippen molar-refractivity contribution >= 4 is 5.69 Å². The molecule has 0 fully saturated rings. The fraction of sp³-hybridized carbons (Fsp3) is 0.667. The molecule has 0 aliphatic rings. The zero-order valence-corrected chi connectivity index (χ0v) is 12.4. The Balaban J connectivity index is 2.64. The molecule has 0 saturated carbocycles. The molecule has 1 unspecified atom stereocenters. The van der Waals surface area contributed by atoms with Crippen LogP contribution in [0.3, 0.4) is 0 Å². The van der Waals surface area contributed by atoms with Crippen molar-refractivity contribution in [2.45, 2.75) is 52.6 Å². The van der Waals surface area contributed by atoms with Crippen LogP contribution in [0.4, 0.5) is 5.69 Å². The smallest absolute Gasteiger partial charge is 0.250 e. The van der Waals surface area contributed by atoms with Crippen LogP contribution in [-0.4, -0.2) is 28.6 Å². The molecule has 19 heavy (non-hydrogen) atoms. The topological polar surface area (TPSA) is 51.3 Å². The highest BCUT2D eigenvalue weighted by atomic mass is 16.1. The molecule has 0 saturated heterocycles. The van der Waals surface area contributed by atoms with Crippen molar-refractivity contribution in [2.24, 2.45) is 0 Å². The summed E-state index contributed by atoms with van der Waals surface area (Å²) in [5.41, 5.74) is 6.39. The van der Waals surface area contributed by atoms with Crippen LogP contribution < -0.4 is 11.3 Å². The van der Waals surface area contributed by atoms with Gasteiger partial charge in [-0.05, 0) is 32.4 Å². The van der Waals surface area contributed by atoms with E-state index in [9.17, 15) is 4.79 Å². The molecule has 108 valence electrons. The Morgan fingerprint density at radius 3 is 2.68 bits per heavy atom. The van der Waals surface area contributed by atoms with E-state index in [1.807, 2.05) is 0 Å². The third-order valence-corrected chi connectivity index (χ3v) is 3.65. The first-order valence-corrected chi connectivity index (χ1v) is 7.28. The van der Waals surface area contributed by atoms with Crippen LogP contribution in [-0.2, 0) is 6.54 Å². The normalized spacial score (nSPS) is 12.8. The summed E-state index contributed by atoms with van der Waals surface area (Å²) >= 11 is 0. The van der Waals surface area contributed by atoms with Crippen LogP contribution in [0.1, 0.15) is 40.0 Å². The molecule has 2 N–H and O–H groups in total. The number of hydrogen-bond acceptors (Lipinski definition) is 3. The van der Waals surface area contributed by atoms with Crippen molar-refractivity contribution in [2.75, 3.05) is 18.8 Å². The first kappa shape index (κ1) is 15.8. The molecular weight excluding hydrogens is 238 g/mol. The van der Waals surface area contributed by atoms with Crippen LogP contribution in [0.2, 0.25) is 0 Å². The van der Waals surface area contributed by atoms with Crippen molar-refractivity contribution in [3.8, 4) is 0 Å². The van der Waals surface area contributed by atoms with Gasteiger partial charge in [0.05, 0.1) is 0 Å². The van der Waals surface area contributed by atoms with Crippen molar-refractivity contribution < 1.29 is 0 Å². The maximum Gasteiger partial charge on any atom is 0.250 e. The second kappa shape index (κ2) is 8.00. The summed E-state index contributed by atoms with van der Waals surface area (Å²) in [5, 5.41) is 0. The number of rotatable bonds is 8. The number of nitrogens with two attached hydrogens (primary N) is 1. The van der Waals surface area contributed by atoms with E-state index in [4.69, 9.17) is 5.73 Å². The van der Waals surface area contributed by atoms with Gasteiger partial charge in [0.2, 0.25) is 0 Å². The minimum absolute atomic E-state index is 0.0220. The molecule has 0 aliphatic carbocycles. The lowest BCUT2D eigenvalue weighted by Gasteiger charge is -2.28. The van der Waals surface area contributed by atoms with E-state index in [0.717, 1.165) is 19.5 Å². The Kier molecular flexibility index (Phi) is 6.64. The summed E-state index contributed by atoms with van der Waals surface area (Å²) in [7, 11) is 0. The average Bonchev–Trinajstić information content (AvgIpc) is 2.41. The van der Waals surface area contributed by atoms with E-state index >= 15 is 0 Å². The lowest BCUT2D eigenvalue weighted by Crippen LogP contribution is -2.37. The number of unbranched alkanes of at least 4 members (excludes halogenated alkanes) is 1. The number of pyridine rings is 1. The van der Waals surface area contributed by atoms with Gasteiger partial charge in [0, 0.05) is 37.1 Å². The van der Waals surface area contributed by atoms with Gasteiger partial charge in [0.1, 0.15) is 0 Å². The number of hydrogen-bond donors (Lipinski definition) is 1. The summed E-state index contributed by atoms with van der Waals surface area (Å²) in [6.07, 6.45) is 5.27. The summed E-state index contributed by atoms with van der Waals surface area (Å²) in [5.74, 6) is 0. The lowest BCUT2D eigenvalue weighted by molar-refractivity contribution is 0.193. The lowest BCUT2D eigenvalue weighted by atomic mass is 10.2. The van der Waals surface area contributed by atoms with Crippen LogP contribution in [0, 0.1) is 0 Å². The maximum absolute atomic E-state index is 11.7. The molecule has 4 nitrogen and oxygen atoms in total. The first-order valence-electron chi connectivity index (χ1n) is 7.28. The monoisotopic (exact) mass is 265 g/mol. The summed E-state index contributed by atoms with van der Waals surface area (Å²) < 4.78 is 1.71. The molecule has 1 aromatic heterocycles. The molecule has 1 aromatic rings. The largest absolute Gasteiger partial charge is 0.398 e. The van der Waals surface area contributed by atoms with Gasteiger partial charge in [-0.3, -0.25) is 9.69 Å². The molecule has 0 amide bonds. The van der Waals surface area contributed by atoms with E-state index in [2.05, 4.69) is 25.7 Å². The van der Waals surface area contributed by atoms with Gasteiger partial charge < -0.3 is 10.3 Å². The van der Waals surface area contributed by atoms with Crippen LogP contribution in [0.5, 0.6) is 0 Å². The van der Waals surface area contributed by atoms with Gasteiger partial charge in [-0.15, -0.1) is 0 Å². The van der Waals surface area contributed by atoms with Gasteiger partial charge in [0.15, 0.2) is 0 Å². The molecular formula is C15H27N3O. The Hall–Kier alpha value is -1.29. The fourth-order valence-corrected chi connectivity index (χ4v) is 2.13. The van der Waals surface area contributed by atoms with Gasteiger partial charge in [-0.2, -0.15) is 0 Å². The number of nitrogen functional groups attached to an aromatic ring is 1. The predicted octanol–water partition coefficient (Wildman–Crippen LogP) is 2.33. The van der Waals surface area contributed by atoms with E-state index in [1.54, 1.807) is 16.8 Å². The Bertz CT molecular complexity index is 428. The van der Waals surface area contributed by atoms with Gasteiger partial charge >= 0.3 is 0 Å². The van der Waals surface area contributed by atoms with Crippen molar-refractivity contribution in [3.05, 3.63) is 28.7 Å². The molecule has 4 heteroatoms. The highest BCUT2D eigenvalue weighted by Gasteiger charge is 2.11. The van der Waals surface area contributed by atoms with Crippen LogP contribution in [0.15, 0.2) is 23.1 Å². The standard InChI is InChI=1S/C15H27N3O/c1-4-6-9-17(13(3)5-2)10-11-18-12-14(16)7-8-15(18)19/h7-8,12-13H,4-6,9-11,16H2,1-3H3. The van der Waals surface area contributed by atoms with Crippen molar-refractivity contribution in [1.82, 2.24) is 9.47 Å². The summed E-state index contributed by atoms with van der Waals surface area (Å²) in [6.45, 7) is 9.37. The van der Waals surface area contributed by atoms with Gasteiger partial charge in [0.25, 0.3) is 5.56 Å². The minimum atomic E-state index is 0.0220. The van der Waals surface area contributed by atoms with Crippen LogP contribution in [0.25, 0.3) is 0 Å². The van der Waals surface area contributed by atoms with Crippen LogP contribution >= 0.6 is 0 Å². The number of aromatic nitrogens is 1. The molecule has 0 radical (unpaired) electrons. The minimum Gasteiger partial charge on any atom is -0.398 e. The zero-order valence-electron chi connectivity index (χ0n) is 12.4. The first-order chi connectivity index (χ1) is 9.08. The second-order valence-electron chi connectivity index (χ2n) is 5.14. The zero-order chi connectivity index (χ0) is 14.3. The van der Waals surface area contributed by atoms with E-state index in [0.29, 0.717) is 18.3 Å². The molecule has 0 aromatic carbocycles. The predicted molar refractivity (Wildman–Crippen MR) is 81.3 cm³/mol. The Morgan fingerprint density at radius 1 is 1.32 bits per heavy atom. The molecule has 0 aliphatic heterocycles. The number of nitrogens with zero attached hydrogens (tertiary/aromatic N) is 2. The maximum atomic E-state index is 11.7. The van der Waals surface area contributed by atoms with Gasteiger partial charge in [-0.25, -0.2) is 0 Å². The fourth-order valence-electron chi connectivity index (χ4n) is 2.13. The third-order valence-electron chi connectivity index (χ3n) is 3.65. The second-order valence-corrected chi connectivity index (χ2v) is 5.14. The quantitative estimate of drug-likeness (QED) is 0.785. The average molecular weight is 265 g/mol.